The highest BCUT2D eigenvalue weighted by Crippen LogP contribution is 2.45. The maximum atomic E-state index is 12.3. The van der Waals surface area contributed by atoms with Gasteiger partial charge in [-0.25, -0.2) is 4.79 Å². The van der Waals surface area contributed by atoms with Crippen LogP contribution in [-0.4, -0.2) is 49.3 Å². The minimum atomic E-state index is -0.312. The van der Waals surface area contributed by atoms with Crippen molar-refractivity contribution in [1.29, 1.82) is 0 Å². The summed E-state index contributed by atoms with van der Waals surface area (Å²) in [6.07, 6.45) is 4.10. The Bertz CT molecular complexity index is 687. The molecule has 5 nitrogen and oxygen atoms in total. The summed E-state index contributed by atoms with van der Waals surface area (Å²) in [6.45, 7) is 6.73. The van der Waals surface area contributed by atoms with Gasteiger partial charge >= 0.3 is 5.97 Å². The summed E-state index contributed by atoms with van der Waals surface area (Å²) >= 11 is 0. The zero-order chi connectivity index (χ0) is 18.8. The summed E-state index contributed by atoms with van der Waals surface area (Å²) in [4.78, 5) is 14.7. The second kappa shape index (κ2) is 7.70. The van der Waals surface area contributed by atoms with Crippen molar-refractivity contribution in [2.75, 3.05) is 27.2 Å². The maximum Gasteiger partial charge on any atom is 0.331 e. The summed E-state index contributed by atoms with van der Waals surface area (Å²) in [5.74, 6) is 2.42. The zero-order valence-corrected chi connectivity index (χ0v) is 16.0. The summed E-state index contributed by atoms with van der Waals surface area (Å²) in [6, 6.07) is 4.96. The number of benzene rings is 1. The first kappa shape index (κ1) is 18.8. The lowest BCUT2D eigenvalue weighted by Crippen LogP contribution is -2.42. The summed E-state index contributed by atoms with van der Waals surface area (Å²) in [7, 11) is 3.67. The minimum Gasteiger partial charge on any atom is -0.504 e. The van der Waals surface area contributed by atoms with Crippen molar-refractivity contribution in [3.63, 3.8) is 0 Å². The van der Waals surface area contributed by atoms with E-state index in [4.69, 9.17) is 9.47 Å². The predicted molar refractivity (Wildman–Crippen MR) is 101 cm³/mol. The molecule has 1 aliphatic carbocycles. The van der Waals surface area contributed by atoms with Gasteiger partial charge in [-0.3, -0.25) is 0 Å². The smallest absolute Gasteiger partial charge is 0.331 e. The highest BCUT2D eigenvalue weighted by Gasteiger charge is 2.47. The molecule has 1 saturated carbocycles. The monoisotopic (exact) mass is 359 g/mol. The molecule has 0 amide bonds. The van der Waals surface area contributed by atoms with Crippen LogP contribution in [0.2, 0.25) is 0 Å². The Balaban J connectivity index is 1.61. The molecule has 5 atom stereocenters. The van der Waals surface area contributed by atoms with Gasteiger partial charge in [0.25, 0.3) is 0 Å². The average Bonchev–Trinajstić information content (AvgIpc) is 2.91. The Morgan fingerprint density at radius 3 is 2.77 bits per heavy atom. The minimum absolute atomic E-state index is 0.00884. The average molecular weight is 359 g/mol. The first-order chi connectivity index (χ1) is 12.4. The third-order valence-corrected chi connectivity index (χ3v) is 6.05. The molecule has 26 heavy (non-hydrogen) atoms. The number of ether oxygens (including phenoxy) is 2. The van der Waals surface area contributed by atoms with E-state index in [0.717, 1.165) is 25.1 Å². The molecule has 0 bridgehead atoms. The third kappa shape index (κ3) is 3.88. The molecule has 0 unspecified atom stereocenters. The van der Waals surface area contributed by atoms with Crippen LogP contribution in [-0.2, 0) is 9.53 Å². The van der Waals surface area contributed by atoms with Gasteiger partial charge in [-0.05, 0) is 60.9 Å². The number of phenols is 1. The molecule has 1 saturated heterocycles. The van der Waals surface area contributed by atoms with E-state index >= 15 is 0 Å². The van der Waals surface area contributed by atoms with E-state index in [1.165, 1.54) is 13.2 Å². The second-order valence-electron chi connectivity index (χ2n) is 7.86. The van der Waals surface area contributed by atoms with Crippen LogP contribution in [0.25, 0.3) is 6.08 Å². The van der Waals surface area contributed by atoms with Crippen LogP contribution in [0.15, 0.2) is 24.3 Å². The van der Waals surface area contributed by atoms with Gasteiger partial charge < -0.3 is 19.5 Å². The molecule has 1 aromatic carbocycles. The van der Waals surface area contributed by atoms with Gasteiger partial charge in [0.05, 0.1) is 7.11 Å². The fraction of sp³-hybridized carbons (Fsp3) is 0.571. The van der Waals surface area contributed by atoms with Crippen LogP contribution in [0.5, 0.6) is 11.5 Å². The van der Waals surface area contributed by atoms with Gasteiger partial charge in [-0.1, -0.05) is 19.9 Å². The van der Waals surface area contributed by atoms with Crippen molar-refractivity contribution in [3.8, 4) is 11.5 Å². The van der Waals surface area contributed by atoms with Crippen molar-refractivity contribution in [3.05, 3.63) is 29.8 Å². The molecule has 0 aromatic heterocycles. The normalized spacial score (nSPS) is 31.8. The first-order valence-corrected chi connectivity index (χ1v) is 9.33. The topological polar surface area (TPSA) is 59.0 Å². The second-order valence-corrected chi connectivity index (χ2v) is 7.86. The van der Waals surface area contributed by atoms with E-state index in [1.807, 2.05) is 0 Å². The number of esters is 1. The molecular weight excluding hydrogens is 330 g/mol. The van der Waals surface area contributed by atoms with Gasteiger partial charge in [0.15, 0.2) is 11.5 Å². The van der Waals surface area contributed by atoms with E-state index in [0.29, 0.717) is 29.4 Å². The number of aromatic hydroxyl groups is 1. The molecular formula is C21H29NO4. The number of fused-ring (bicyclic) bond motifs is 1. The number of likely N-dealkylation sites (tertiary alicyclic amines) is 1. The lowest BCUT2D eigenvalue weighted by Gasteiger charge is -2.38. The number of phenolic OH excluding ortho intramolecular Hbond substituents is 1. The fourth-order valence-electron chi connectivity index (χ4n) is 4.65. The van der Waals surface area contributed by atoms with Crippen LogP contribution in [0, 0.1) is 23.7 Å². The molecule has 2 fully saturated rings. The summed E-state index contributed by atoms with van der Waals surface area (Å²) in [5, 5.41) is 9.63. The number of nitrogens with zero attached hydrogens (tertiary/aromatic N) is 1. The zero-order valence-electron chi connectivity index (χ0n) is 16.0. The number of carbonyl (C=O) groups excluding carboxylic acids is 1. The van der Waals surface area contributed by atoms with Gasteiger partial charge in [0.1, 0.15) is 6.10 Å². The largest absolute Gasteiger partial charge is 0.504 e. The molecule has 1 N–H and O–H groups in total. The van der Waals surface area contributed by atoms with Crippen molar-refractivity contribution < 1.29 is 19.4 Å². The Kier molecular flexibility index (Phi) is 5.56. The van der Waals surface area contributed by atoms with E-state index < -0.39 is 0 Å². The standard InChI is InChI=1S/C21H29NO4/c1-13-11-22(3)12-17-14(2)19(10-16(13)17)26-21(24)8-6-15-5-7-18(23)20(9-15)25-4/h5-9,13-14,16-17,19,23H,10-12H2,1-4H3/b8-6+/t13-,14-,16-,17-,19+/m1/s1. The van der Waals surface area contributed by atoms with Crippen LogP contribution in [0.4, 0.5) is 0 Å². The van der Waals surface area contributed by atoms with Gasteiger partial charge in [0.2, 0.25) is 0 Å². The number of piperidine rings is 1. The van der Waals surface area contributed by atoms with E-state index in [9.17, 15) is 9.90 Å². The number of hydrogen-bond acceptors (Lipinski definition) is 5. The maximum absolute atomic E-state index is 12.3. The Morgan fingerprint density at radius 1 is 1.27 bits per heavy atom. The van der Waals surface area contributed by atoms with Crippen LogP contribution in [0.3, 0.4) is 0 Å². The molecule has 2 aliphatic rings. The first-order valence-electron chi connectivity index (χ1n) is 9.33. The lowest BCUT2D eigenvalue weighted by atomic mass is 9.79. The van der Waals surface area contributed by atoms with Crippen LogP contribution in [0.1, 0.15) is 25.8 Å². The Hall–Kier alpha value is -2.01. The van der Waals surface area contributed by atoms with Crippen LogP contribution >= 0.6 is 0 Å². The Labute approximate surface area is 155 Å². The van der Waals surface area contributed by atoms with Gasteiger partial charge in [-0.2, -0.15) is 0 Å². The quantitative estimate of drug-likeness (QED) is 0.661. The van der Waals surface area contributed by atoms with Crippen molar-refractivity contribution in [2.24, 2.45) is 23.7 Å². The molecule has 1 aromatic rings. The molecule has 1 heterocycles. The molecule has 5 heteroatoms. The highest BCUT2D eigenvalue weighted by molar-refractivity contribution is 5.87. The number of carbonyl (C=O) groups is 1. The number of methoxy groups -OCH3 is 1. The molecule has 0 spiro atoms. The van der Waals surface area contributed by atoms with Gasteiger partial charge in [0, 0.05) is 19.2 Å². The Morgan fingerprint density at radius 2 is 2.04 bits per heavy atom. The van der Waals surface area contributed by atoms with Crippen molar-refractivity contribution >= 4 is 12.0 Å². The molecule has 1 aliphatic heterocycles. The SMILES string of the molecule is COc1cc(/C=C/C(=O)O[C@H]2C[C@H]3[C@H](CN(C)C[C@H]3C)[C@H]2C)ccc1O. The fourth-order valence-corrected chi connectivity index (χ4v) is 4.65. The summed E-state index contributed by atoms with van der Waals surface area (Å²) in [5.41, 5.74) is 0.778. The molecule has 3 rings (SSSR count). The highest BCUT2D eigenvalue weighted by atomic mass is 16.5. The molecule has 0 radical (unpaired) electrons. The van der Waals surface area contributed by atoms with Crippen LogP contribution < -0.4 is 4.74 Å². The van der Waals surface area contributed by atoms with E-state index in [2.05, 4.69) is 25.8 Å². The molecule has 142 valence electrons. The summed E-state index contributed by atoms with van der Waals surface area (Å²) < 4.78 is 10.9. The van der Waals surface area contributed by atoms with E-state index in [1.54, 1.807) is 24.3 Å². The number of hydrogen-bond donors (Lipinski definition) is 1. The van der Waals surface area contributed by atoms with Crippen molar-refractivity contribution in [1.82, 2.24) is 4.90 Å². The number of rotatable bonds is 4. The van der Waals surface area contributed by atoms with Gasteiger partial charge in [-0.15, -0.1) is 0 Å². The van der Waals surface area contributed by atoms with E-state index in [-0.39, 0.29) is 17.8 Å². The predicted octanol–water partition coefficient (Wildman–Crippen LogP) is 3.18. The van der Waals surface area contributed by atoms with Crippen molar-refractivity contribution in [2.45, 2.75) is 26.4 Å². The lowest BCUT2D eigenvalue weighted by molar-refractivity contribution is -0.144. The third-order valence-electron chi connectivity index (χ3n) is 6.05.